The summed E-state index contributed by atoms with van der Waals surface area (Å²) in [6.07, 6.45) is 3.58. The first-order valence-corrected chi connectivity index (χ1v) is 4.99. The predicted octanol–water partition coefficient (Wildman–Crippen LogP) is 1.59. The number of rotatable bonds is 1. The summed E-state index contributed by atoms with van der Waals surface area (Å²) in [5.41, 5.74) is 6.89. The monoisotopic (exact) mass is 192 g/mol. The number of hydrogen-bond acceptors (Lipinski definition) is 3. The molecule has 1 aliphatic carbocycles. The Labute approximate surface area is 84.0 Å². The van der Waals surface area contributed by atoms with Gasteiger partial charge in [-0.1, -0.05) is 6.92 Å². The molecule has 1 fully saturated rings. The van der Waals surface area contributed by atoms with Crippen LogP contribution in [0.4, 0.5) is 5.82 Å². The Hall–Kier alpha value is -1.09. The van der Waals surface area contributed by atoms with Crippen LogP contribution in [-0.4, -0.2) is 10.1 Å². The van der Waals surface area contributed by atoms with Crippen LogP contribution < -0.4 is 5.73 Å². The lowest BCUT2D eigenvalue weighted by molar-refractivity contribution is -0.0926. The van der Waals surface area contributed by atoms with Crippen LogP contribution in [0.15, 0.2) is 12.3 Å². The Bertz CT molecular complexity index is 364. The molecule has 14 heavy (non-hydrogen) atoms. The molecule has 2 atom stereocenters. The predicted molar refractivity (Wildman–Crippen MR) is 55.7 cm³/mol. The molecule has 3 N–H and O–H groups in total. The first kappa shape index (κ1) is 9.46. The van der Waals surface area contributed by atoms with Gasteiger partial charge < -0.3 is 10.8 Å². The number of aryl methyl sites for hydroxylation is 1. The van der Waals surface area contributed by atoms with Crippen LogP contribution in [0.5, 0.6) is 0 Å². The second-order valence-corrected chi connectivity index (χ2v) is 4.31. The normalized spacial score (nSPS) is 31.2. The average Bonchev–Trinajstić information content (AvgIpc) is 2.18. The Morgan fingerprint density at radius 1 is 1.64 bits per heavy atom. The van der Waals surface area contributed by atoms with E-state index in [2.05, 4.69) is 4.98 Å². The largest absolute Gasteiger partial charge is 0.385 e. The van der Waals surface area contributed by atoms with Gasteiger partial charge in [0.15, 0.2) is 0 Å². The second kappa shape index (κ2) is 2.95. The molecule has 3 heteroatoms. The summed E-state index contributed by atoms with van der Waals surface area (Å²) in [7, 11) is 0. The minimum Gasteiger partial charge on any atom is -0.385 e. The first-order valence-electron chi connectivity index (χ1n) is 4.99. The molecule has 1 heterocycles. The Morgan fingerprint density at radius 2 is 2.36 bits per heavy atom. The summed E-state index contributed by atoms with van der Waals surface area (Å²) < 4.78 is 0. The maximum absolute atomic E-state index is 10.3. The van der Waals surface area contributed by atoms with Crippen molar-refractivity contribution in [2.45, 2.75) is 32.3 Å². The fourth-order valence-electron chi connectivity index (χ4n) is 2.03. The molecule has 1 aromatic heterocycles. The van der Waals surface area contributed by atoms with Crippen molar-refractivity contribution in [2.24, 2.45) is 5.92 Å². The van der Waals surface area contributed by atoms with Crippen LogP contribution in [0.3, 0.4) is 0 Å². The van der Waals surface area contributed by atoms with Crippen LogP contribution in [-0.2, 0) is 5.60 Å². The van der Waals surface area contributed by atoms with Crippen molar-refractivity contribution < 1.29 is 5.11 Å². The van der Waals surface area contributed by atoms with Crippen molar-refractivity contribution in [1.82, 2.24) is 4.98 Å². The van der Waals surface area contributed by atoms with Crippen LogP contribution >= 0.6 is 0 Å². The highest BCUT2D eigenvalue weighted by molar-refractivity contribution is 5.46. The van der Waals surface area contributed by atoms with E-state index < -0.39 is 5.60 Å². The summed E-state index contributed by atoms with van der Waals surface area (Å²) in [6, 6.07) is 1.94. The van der Waals surface area contributed by atoms with Crippen molar-refractivity contribution in [3.05, 3.63) is 23.4 Å². The number of hydrogen-bond donors (Lipinski definition) is 2. The zero-order chi connectivity index (χ0) is 10.3. The zero-order valence-corrected chi connectivity index (χ0v) is 8.62. The highest BCUT2D eigenvalue weighted by Gasteiger charge is 2.45. The second-order valence-electron chi connectivity index (χ2n) is 4.31. The molecular formula is C11H16N2O. The third kappa shape index (κ3) is 1.20. The molecule has 0 saturated heterocycles. The van der Waals surface area contributed by atoms with E-state index in [0.29, 0.717) is 5.82 Å². The van der Waals surface area contributed by atoms with Crippen LogP contribution in [0, 0.1) is 12.8 Å². The van der Waals surface area contributed by atoms with E-state index in [1.54, 1.807) is 6.20 Å². The maximum atomic E-state index is 10.3. The fourth-order valence-corrected chi connectivity index (χ4v) is 2.03. The smallest absolute Gasteiger partial charge is 0.129 e. The lowest BCUT2D eigenvalue weighted by Gasteiger charge is -2.44. The van der Waals surface area contributed by atoms with E-state index in [1.807, 2.05) is 19.9 Å². The van der Waals surface area contributed by atoms with Gasteiger partial charge in [-0.2, -0.15) is 0 Å². The van der Waals surface area contributed by atoms with Gasteiger partial charge in [0.2, 0.25) is 0 Å². The van der Waals surface area contributed by atoms with Crippen molar-refractivity contribution in [1.29, 1.82) is 0 Å². The molecule has 1 aromatic rings. The highest BCUT2D eigenvalue weighted by Crippen LogP contribution is 2.47. The molecule has 0 spiro atoms. The molecule has 76 valence electrons. The standard InChI is InChI=1S/C11H16N2O/c1-7-5-9(10(12)13-6-7)11(14)4-3-8(11)2/h5-6,8,14H,3-4H2,1-2H3,(H2,12,13). The molecule has 3 nitrogen and oxygen atoms in total. The van der Waals surface area contributed by atoms with Gasteiger partial charge in [-0.25, -0.2) is 4.98 Å². The van der Waals surface area contributed by atoms with E-state index >= 15 is 0 Å². The van der Waals surface area contributed by atoms with E-state index in [9.17, 15) is 5.11 Å². The lowest BCUT2D eigenvalue weighted by Crippen LogP contribution is -2.43. The summed E-state index contributed by atoms with van der Waals surface area (Å²) in [6.45, 7) is 4.01. The first-order chi connectivity index (χ1) is 6.54. The minimum absolute atomic E-state index is 0.286. The molecule has 2 rings (SSSR count). The van der Waals surface area contributed by atoms with Gasteiger partial charge >= 0.3 is 0 Å². The number of pyridine rings is 1. The number of aromatic nitrogens is 1. The third-order valence-electron chi connectivity index (χ3n) is 3.30. The Balaban J connectivity index is 2.45. The molecule has 0 radical (unpaired) electrons. The number of nitrogens with zero attached hydrogens (tertiary/aromatic N) is 1. The molecule has 1 aliphatic rings. The van der Waals surface area contributed by atoms with Gasteiger partial charge in [0.05, 0.1) is 5.60 Å². The minimum atomic E-state index is -0.733. The number of aliphatic hydroxyl groups is 1. The fraction of sp³-hybridized carbons (Fsp3) is 0.545. The van der Waals surface area contributed by atoms with E-state index in [4.69, 9.17) is 5.73 Å². The van der Waals surface area contributed by atoms with Crippen LogP contribution in [0.2, 0.25) is 0 Å². The Morgan fingerprint density at radius 3 is 2.86 bits per heavy atom. The van der Waals surface area contributed by atoms with Crippen LogP contribution in [0.1, 0.15) is 30.9 Å². The lowest BCUT2D eigenvalue weighted by atomic mass is 9.66. The maximum Gasteiger partial charge on any atom is 0.129 e. The van der Waals surface area contributed by atoms with Crippen molar-refractivity contribution in [3.63, 3.8) is 0 Å². The van der Waals surface area contributed by atoms with Crippen molar-refractivity contribution >= 4 is 5.82 Å². The summed E-state index contributed by atoms with van der Waals surface area (Å²) in [5, 5.41) is 10.3. The van der Waals surface area contributed by atoms with Gasteiger partial charge in [-0.3, -0.25) is 0 Å². The zero-order valence-electron chi connectivity index (χ0n) is 8.62. The number of anilines is 1. The van der Waals surface area contributed by atoms with Gasteiger partial charge in [0.1, 0.15) is 5.82 Å². The van der Waals surface area contributed by atoms with Crippen LogP contribution in [0.25, 0.3) is 0 Å². The topological polar surface area (TPSA) is 59.1 Å². The molecule has 0 aromatic carbocycles. The number of nitrogens with two attached hydrogens (primary N) is 1. The van der Waals surface area contributed by atoms with Gasteiger partial charge in [0, 0.05) is 11.8 Å². The van der Waals surface area contributed by atoms with Gasteiger partial charge in [-0.05, 0) is 37.3 Å². The van der Waals surface area contributed by atoms with Crippen molar-refractivity contribution in [2.75, 3.05) is 5.73 Å². The number of nitrogen functional groups attached to an aromatic ring is 1. The van der Waals surface area contributed by atoms with Crippen molar-refractivity contribution in [3.8, 4) is 0 Å². The third-order valence-corrected chi connectivity index (χ3v) is 3.30. The van der Waals surface area contributed by atoms with E-state index in [-0.39, 0.29) is 5.92 Å². The molecule has 0 bridgehead atoms. The van der Waals surface area contributed by atoms with Gasteiger partial charge in [0.25, 0.3) is 0 Å². The highest BCUT2D eigenvalue weighted by atomic mass is 16.3. The molecule has 1 saturated carbocycles. The SMILES string of the molecule is Cc1cnc(N)c(C2(O)CCC2C)c1. The Kier molecular flexibility index (Phi) is 2.00. The molecule has 2 unspecified atom stereocenters. The average molecular weight is 192 g/mol. The van der Waals surface area contributed by atoms with E-state index in [1.165, 1.54) is 0 Å². The molecule has 0 aliphatic heterocycles. The van der Waals surface area contributed by atoms with Gasteiger partial charge in [-0.15, -0.1) is 0 Å². The molecular weight excluding hydrogens is 176 g/mol. The summed E-state index contributed by atoms with van der Waals surface area (Å²) in [4.78, 5) is 4.08. The van der Waals surface area contributed by atoms with E-state index in [0.717, 1.165) is 24.0 Å². The quantitative estimate of drug-likeness (QED) is 0.710. The summed E-state index contributed by atoms with van der Waals surface area (Å²) >= 11 is 0. The molecule has 0 amide bonds. The summed E-state index contributed by atoms with van der Waals surface area (Å²) in [5.74, 6) is 0.748.